The minimum atomic E-state index is 0.0903. The summed E-state index contributed by atoms with van der Waals surface area (Å²) in [7, 11) is 1.69. The molecule has 0 bridgehead atoms. The lowest BCUT2D eigenvalue weighted by molar-refractivity contribution is -0.123. The van der Waals surface area contributed by atoms with Crippen LogP contribution in [-0.4, -0.2) is 32.0 Å². The number of hydrogen-bond acceptors (Lipinski definition) is 5. The van der Waals surface area contributed by atoms with E-state index in [1.54, 1.807) is 7.05 Å². The number of tetrazole rings is 1. The van der Waals surface area contributed by atoms with Crippen LogP contribution < -0.4 is 5.73 Å². The SMILES string of the molecule is Cn1nnc(CC(=O)C2CCCC(N)C2)n1. The van der Waals surface area contributed by atoms with Crippen LogP contribution in [0.5, 0.6) is 0 Å². The second-order valence-electron chi connectivity index (χ2n) is 4.46. The molecule has 16 heavy (non-hydrogen) atoms. The first-order valence-corrected chi connectivity index (χ1v) is 5.66. The number of Topliss-reactive ketones (excluding diaryl/α,β-unsaturated/α-hetero) is 1. The van der Waals surface area contributed by atoms with Crippen molar-refractivity contribution >= 4 is 5.78 Å². The summed E-state index contributed by atoms with van der Waals surface area (Å²) < 4.78 is 0. The van der Waals surface area contributed by atoms with Gasteiger partial charge in [-0.2, -0.15) is 4.80 Å². The van der Waals surface area contributed by atoms with Gasteiger partial charge in [-0.05, 0) is 24.5 Å². The van der Waals surface area contributed by atoms with E-state index in [9.17, 15) is 4.79 Å². The summed E-state index contributed by atoms with van der Waals surface area (Å²) >= 11 is 0. The number of hydrogen-bond donors (Lipinski definition) is 1. The van der Waals surface area contributed by atoms with Gasteiger partial charge in [0.15, 0.2) is 5.82 Å². The van der Waals surface area contributed by atoms with Gasteiger partial charge in [0.1, 0.15) is 5.78 Å². The number of nitrogens with two attached hydrogens (primary N) is 1. The number of carbonyl (C=O) groups excluding carboxylic acids is 1. The molecule has 0 aromatic carbocycles. The monoisotopic (exact) mass is 223 g/mol. The molecule has 1 aromatic rings. The third kappa shape index (κ3) is 2.63. The van der Waals surface area contributed by atoms with Crippen molar-refractivity contribution in [1.29, 1.82) is 0 Å². The Balaban J connectivity index is 1.92. The van der Waals surface area contributed by atoms with Crippen LogP contribution in [0.4, 0.5) is 0 Å². The summed E-state index contributed by atoms with van der Waals surface area (Å²) in [5.41, 5.74) is 5.86. The maximum Gasteiger partial charge on any atom is 0.182 e. The second-order valence-corrected chi connectivity index (χ2v) is 4.46. The first-order chi connectivity index (χ1) is 7.65. The van der Waals surface area contributed by atoms with Crippen LogP contribution in [0.25, 0.3) is 0 Å². The zero-order chi connectivity index (χ0) is 11.5. The molecule has 0 amide bonds. The van der Waals surface area contributed by atoms with Crippen molar-refractivity contribution in [3.8, 4) is 0 Å². The third-order valence-electron chi connectivity index (χ3n) is 3.05. The zero-order valence-electron chi connectivity index (χ0n) is 9.46. The quantitative estimate of drug-likeness (QED) is 0.769. The molecule has 2 unspecified atom stereocenters. The van der Waals surface area contributed by atoms with Gasteiger partial charge in [-0.1, -0.05) is 6.42 Å². The van der Waals surface area contributed by atoms with Crippen LogP contribution in [0, 0.1) is 5.92 Å². The molecular weight excluding hydrogens is 206 g/mol. The number of carbonyl (C=O) groups is 1. The maximum absolute atomic E-state index is 11.9. The molecule has 1 aromatic heterocycles. The van der Waals surface area contributed by atoms with Crippen molar-refractivity contribution in [2.45, 2.75) is 38.1 Å². The molecule has 2 rings (SSSR count). The fourth-order valence-electron chi connectivity index (χ4n) is 2.21. The highest BCUT2D eigenvalue weighted by Crippen LogP contribution is 2.24. The summed E-state index contributed by atoms with van der Waals surface area (Å²) in [5, 5.41) is 11.5. The van der Waals surface area contributed by atoms with Crippen molar-refractivity contribution < 1.29 is 4.79 Å². The van der Waals surface area contributed by atoms with Crippen LogP contribution in [0.3, 0.4) is 0 Å². The normalized spacial score (nSPS) is 25.6. The first kappa shape index (κ1) is 11.2. The highest BCUT2D eigenvalue weighted by molar-refractivity contribution is 5.82. The Morgan fingerprint density at radius 2 is 2.38 bits per heavy atom. The Morgan fingerprint density at radius 1 is 1.56 bits per heavy atom. The predicted octanol–water partition coefficient (Wildman–Crippen LogP) is -0.161. The highest BCUT2D eigenvalue weighted by atomic mass is 16.1. The van der Waals surface area contributed by atoms with Gasteiger partial charge in [-0.25, -0.2) is 0 Å². The van der Waals surface area contributed by atoms with E-state index in [1.807, 2.05) is 0 Å². The molecular formula is C10H17N5O. The summed E-state index contributed by atoms with van der Waals surface area (Å²) in [6.07, 6.45) is 4.12. The molecule has 1 aliphatic carbocycles. The molecule has 6 nitrogen and oxygen atoms in total. The molecule has 2 atom stereocenters. The van der Waals surface area contributed by atoms with Crippen molar-refractivity contribution in [1.82, 2.24) is 20.2 Å². The van der Waals surface area contributed by atoms with Crippen molar-refractivity contribution in [3.05, 3.63) is 5.82 Å². The van der Waals surface area contributed by atoms with Gasteiger partial charge in [0, 0.05) is 12.0 Å². The highest BCUT2D eigenvalue weighted by Gasteiger charge is 2.26. The van der Waals surface area contributed by atoms with Gasteiger partial charge in [0.25, 0.3) is 0 Å². The number of aryl methyl sites for hydroxylation is 1. The molecule has 2 N–H and O–H groups in total. The molecule has 1 saturated carbocycles. The smallest absolute Gasteiger partial charge is 0.182 e. The molecule has 1 aliphatic rings. The van der Waals surface area contributed by atoms with Crippen LogP contribution in [0.2, 0.25) is 0 Å². The van der Waals surface area contributed by atoms with Crippen LogP contribution in [-0.2, 0) is 18.3 Å². The van der Waals surface area contributed by atoms with Crippen LogP contribution in [0.15, 0.2) is 0 Å². The first-order valence-electron chi connectivity index (χ1n) is 5.66. The minimum Gasteiger partial charge on any atom is -0.328 e. The molecule has 88 valence electrons. The average molecular weight is 223 g/mol. The molecule has 1 heterocycles. The van der Waals surface area contributed by atoms with Crippen molar-refractivity contribution in [2.24, 2.45) is 18.7 Å². The Kier molecular flexibility index (Phi) is 3.28. The Labute approximate surface area is 94.2 Å². The van der Waals surface area contributed by atoms with Gasteiger partial charge in [0.05, 0.1) is 13.5 Å². The molecule has 0 radical (unpaired) electrons. The summed E-state index contributed by atoms with van der Waals surface area (Å²) in [4.78, 5) is 13.3. The lowest BCUT2D eigenvalue weighted by Crippen LogP contribution is -2.32. The van der Waals surface area contributed by atoms with E-state index in [1.165, 1.54) is 4.80 Å². The minimum absolute atomic E-state index is 0.0903. The Bertz CT molecular complexity index is 375. The van der Waals surface area contributed by atoms with E-state index < -0.39 is 0 Å². The van der Waals surface area contributed by atoms with Crippen molar-refractivity contribution in [3.63, 3.8) is 0 Å². The largest absolute Gasteiger partial charge is 0.328 e. The predicted molar refractivity (Wildman–Crippen MR) is 57.4 cm³/mol. The zero-order valence-corrected chi connectivity index (χ0v) is 9.46. The van der Waals surface area contributed by atoms with E-state index in [4.69, 9.17) is 5.73 Å². The lowest BCUT2D eigenvalue weighted by atomic mass is 9.82. The number of nitrogens with zero attached hydrogens (tertiary/aromatic N) is 4. The molecule has 0 spiro atoms. The molecule has 6 heteroatoms. The molecule has 0 aliphatic heterocycles. The number of rotatable bonds is 3. The summed E-state index contributed by atoms with van der Waals surface area (Å²) in [6.45, 7) is 0. The van der Waals surface area contributed by atoms with Crippen LogP contribution >= 0.6 is 0 Å². The molecule has 0 saturated heterocycles. The van der Waals surface area contributed by atoms with Gasteiger partial charge in [-0.3, -0.25) is 4.79 Å². The topological polar surface area (TPSA) is 86.7 Å². The van der Waals surface area contributed by atoms with Crippen molar-refractivity contribution in [2.75, 3.05) is 0 Å². The Hall–Kier alpha value is -1.30. The van der Waals surface area contributed by atoms with Gasteiger partial charge < -0.3 is 5.73 Å². The van der Waals surface area contributed by atoms with E-state index in [0.29, 0.717) is 5.82 Å². The Morgan fingerprint density at radius 3 is 3.00 bits per heavy atom. The number of aromatic nitrogens is 4. The van der Waals surface area contributed by atoms with E-state index in [2.05, 4.69) is 15.4 Å². The van der Waals surface area contributed by atoms with E-state index >= 15 is 0 Å². The fraction of sp³-hybridized carbons (Fsp3) is 0.800. The van der Waals surface area contributed by atoms with Crippen LogP contribution in [0.1, 0.15) is 31.5 Å². The third-order valence-corrected chi connectivity index (χ3v) is 3.05. The second kappa shape index (κ2) is 4.69. The van der Waals surface area contributed by atoms with Gasteiger partial charge >= 0.3 is 0 Å². The summed E-state index contributed by atoms with van der Waals surface area (Å²) in [6, 6.07) is 0.178. The average Bonchev–Trinajstić information content (AvgIpc) is 2.64. The molecule has 1 fully saturated rings. The van der Waals surface area contributed by atoms with Gasteiger partial charge in [0.2, 0.25) is 0 Å². The van der Waals surface area contributed by atoms with E-state index in [0.717, 1.165) is 25.7 Å². The fourth-order valence-corrected chi connectivity index (χ4v) is 2.21. The number of ketones is 1. The standard InChI is InChI=1S/C10H17N5O/c1-15-13-10(12-14-15)6-9(16)7-3-2-4-8(11)5-7/h7-8H,2-6,11H2,1H3. The van der Waals surface area contributed by atoms with E-state index in [-0.39, 0.29) is 24.2 Å². The maximum atomic E-state index is 11.9. The summed E-state index contributed by atoms with van der Waals surface area (Å²) in [5.74, 6) is 0.794. The van der Waals surface area contributed by atoms with Gasteiger partial charge in [-0.15, -0.1) is 10.2 Å². The lowest BCUT2D eigenvalue weighted by Gasteiger charge is -2.25.